The fraction of sp³-hybridized carbons (Fsp3) is 0.733. The molecular formula is C15H22BrN3. The molecule has 19 heavy (non-hydrogen) atoms. The lowest BCUT2D eigenvalue weighted by molar-refractivity contribution is 0.320. The van der Waals surface area contributed by atoms with Crippen molar-refractivity contribution in [3.8, 4) is 0 Å². The van der Waals surface area contributed by atoms with Gasteiger partial charge in [0.25, 0.3) is 0 Å². The molecule has 0 saturated heterocycles. The first-order valence-corrected chi connectivity index (χ1v) is 8.22. The molecule has 3 nitrogen and oxygen atoms in total. The second kappa shape index (κ2) is 5.39. The number of anilines is 1. The molecule has 2 aliphatic rings. The lowest BCUT2D eigenvalue weighted by Gasteiger charge is -2.37. The van der Waals surface area contributed by atoms with Crippen LogP contribution in [0.3, 0.4) is 0 Å². The summed E-state index contributed by atoms with van der Waals surface area (Å²) in [5, 5.41) is 0. The summed E-state index contributed by atoms with van der Waals surface area (Å²) in [4.78, 5) is 11.7. The quantitative estimate of drug-likeness (QED) is 0.783. The lowest BCUT2D eigenvalue weighted by atomic mass is 9.85. The highest BCUT2D eigenvalue weighted by Crippen LogP contribution is 2.39. The SMILES string of the molecule is CC1CCCCC1N(C)c1cc(Br)nc(C2CC2)n1. The van der Waals surface area contributed by atoms with Crippen molar-refractivity contribution in [2.24, 2.45) is 5.92 Å². The van der Waals surface area contributed by atoms with Crippen molar-refractivity contribution in [1.82, 2.24) is 9.97 Å². The molecule has 0 amide bonds. The van der Waals surface area contributed by atoms with Crippen LogP contribution in [-0.4, -0.2) is 23.1 Å². The average molecular weight is 324 g/mol. The van der Waals surface area contributed by atoms with E-state index in [2.05, 4.69) is 45.9 Å². The predicted octanol–water partition coefficient (Wildman–Crippen LogP) is 4.13. The number of hydrogen-bond acceptors (Lipinski definition) is 3. The molecule has 1 heterocycles. The summed E-state index contributed by atoms with van der Waals surface area (Å²) in [5.74, 6) is 3.48. The summed E-state index contributed by atoms with van der Waals surface area (Å²) >= 11 is 3.54. The van der Waals surface area contributed by atoms with E-state index in [9.17, 15) is 0 Å². The van der Waals surface area contributed by atoms with Crippen LogP contribution in [-0.2, 0) is 0 Å². The zero-order chi connectivity index (χ0) is 13.4. The fourth-order valence-corrected chi connectivity index (χ4v) is 3.56. The molecule has 2 unspecified atom stereocenters. The minimum atomic E-state index is 0.605. The van der Waals surface area contributed by atoms with Crippen LogP contribution >= 0.6 is 15.9 Å². The van der Waals surface area contributed by atoms with Gasteiger partial charge in [0.2, 0.25) is 0 Å². The molecular weight excluding hydrogens is 302 g/mol. The molecule has 0 spiro atoms. The van der Waals surface area contributed by atoms with E-state index in [1.54, 1.807) is 0 Å². The van der Waals surface area contributed by atoms with E-state index in [-0.39, 0.29) is 0 Å². The number of hydrogen-bond donors (Lipinski definition) is 0. The molecule has 3 rings (SSSR count). The molecule has 0 radical (unpaired) electrons. The first-order valence-electron chi connectivity index (χ1n) is 7.42. The number of halogens is 1. The Morgan fingerprint density at radius 2 is 1.89 bits per heavy atom. The smallest absolute Gasteiger partial charge is 0.135 e. The minimum Gasteiger partial charge on any atom is -0.356 e. The molecule has 0 aliphatic heterocycles. The number of aromatic nitrogens is 2. The van der Waals surface area contributed by atoms with Crippen molar-refractivity contribution in [2.45, 2.75) is 57.4 Å². The van der Waals surface area contributed by atoms with Gasteiger partial charge in [-0.2, -0.15) is 0 Å². The van der Waals surface area contributed by atoms with Gasteiger partial charge in [0.05, 0.1) is 0 Å². The Morgan fingerprint density at radius 1 is 1.16 bits per heavy atom. The Morgan fingerprint density at radius 3 is 2.58 bits per heavy atom. The van der Waals surface area contributed by atoms with Gasteiger partial charge in [-0.3, -0.25) is 0 Å². The van der Waals surface area contributed by atoms with Crippen molar-refractivity contribution >= 4 is 21.7 Å². The summed E-state index contributed by atoms with van der Waals surface area (Å²) < 4.78 is 0.926. The van der Waals surface area contributed by atoms with Gasteiger partial charge < -0.3 is 4.90 Å². The maximum Gasteiger partial charge on any atom is 0.135 e. The lowest BCUT2D eigenvalue weighted by Crippen LogP contribution is -2.39. The van der Waals surface area contributed by atoms with Crippen LogP contribution in [0.4, 0.5) is 5.82 Å². The Kier molecular flexibility index (Phi) is 3.79. The zero-order valence-corrected chi connectivity index (χ0v) is 13.4. The average Bonchev–Trinajstić information content (AvgIpc) is 3.22. The summed E-state index contributed by atoms with van der Waals surface area (Å²) in [6.07, 6.45) is 7.86. The highest BCUT2D eigenvalue weighted by Gasteiger charge is 2.29. The fourth-order valence-electron chi connectivity index (χ4n) is 3.17. The van der Waals surface area contributed by atoms with E-state index in [0.717, 1.165) is 22.2 Å². The second-order valence-electron chi connectivity index (χ2n) is 6.12. The van der Waals surface area contributed by atoms with Crippen molar-refractivity contribution in [2.75, 3.05) is 11.9 Å². The van der Waals surface area contributed by atoms with Crippen molar-refractivity contribution in [1.29, 1.82) is 0 Å². The van der Waals surface area contributed by atoms with E-state index < -0.39 is 0 Å². The Labute approximate surface area is 124 Å². The van der Waals surface area contributed by atoms with Gasteiger partial charge in [-0.15, -0.1) is 0 Å². The Balaban J connectivity index is 1.83. The molecule has 0 N–H and O–H groups in total. The molecule has 0 bridgehead atoms. The highest BCUT2D eigenvalue weighted by molar-refractivity contribution is 9.10. The first kappa shape index (κ1) is 13.3. The van der Waals surface area contributed by atoms with Crippen molar-refractivity contribution < 1.29 is 0 Å². The van der Waals surface area contributed by atoms with Crippen LogP contribution in [0.15, 0.2) is 10.7 Å². The zero-order valence-electron chi connectivity index (χ0n) is 11.8. The molecule has 2 atom stereocenters. The van der Waals surface area contributed by atoms with Gasteiger partial charge in [0, 0.05) is 25.1 Å². The third kappa shape index (κ3) is 2.93. The van der Waals surface area contributed by atoms with Gasteiger partial charge >= 0.3 is 0 Å². The van der Waals surface area contributed by atoms with E-state index in [4.69, 9.17) is 4.98 Å². The molecule has 2 aliphatic carbocycles. The van der Waals surface area contributed by atoms with Gasteiger partial charge in [-0.25, -0.2) is 9.97 Å². The third-order valence-corrected chi connectivity index (χ3v) is 4.97. The van der Waals surface area contributed by atoms with Gasteiger partial charge in [-0.05, 0) is 47.5 Å². The Hall–Kier alpha value is -0.640. The Bertz CT molecular complexity index is 459. The summed E-state index contributed by atoms with van der Waals surface area (Å²) in [6.45, 7) is 2.37. The van der Waals surface area contributed by atoms with Crippen LogP contribution in [0.25, 0.3) is 0 Å². The number of rotatable bonds is 3. The molecule has 2 saturated carbocycles. The normalized spacial score (nSPS) is 27.3. The standard InChI is InChI=1S/C15H22BrN3/c1-10-5-3-4-6-12(10)19(2)14-9-13(16)17-15(18-14)11-7-8-11/h9-12H,3-8H2,1-2H3. The molecule has 2 fully saturated rings. The van der Waals surface area contributed by atoms with Gasteiger partial charge in [-0.1, -0.05) is 19.8 Å². The van der Waals surface area contributed by atoms with Crippen LogP contribution < -0.4 is 4.90 Å². The van der Waals surface area contributed by atoms with Gasteiger partial charge in [0.1, 0.15) is 16.2 Å². The first-order chi connectivity index (χ1) is 9.15. The molecule has 1 aromatic rings. The highest BCUT2D eigenvalue weighted by atomic mass is 79.9. The third-order valence-electron chi connectivity index (χ3n) is 4.57. The van der Waals surface area contributed by atoms with E-state index in [1.807, 2.05) is 0 Å². The maximum atomic E-state index is 4.79. The molecule has 0 aromatic carbocycles. The second-order valence-corrected chi connectivity index (χ2v) is 6.93. The molecule has 1 aromatic heterocycles. The monoisotopic (exact) mass is 323 g/mol. The molecule has 4 heteroatoms. The number of nitrogens with zero attached hydrogens (tertiary/aromatic N) is 3. The van der Waals surface area contributed by atoms with Gasteiger partial charge in [0.15, 0.2) is 0 Å². The topological polar surface area (TPSA) is 29.0 Å². The molecule has 104 valence electrons. The minimum absolute atomic E-state index is 0.605. The van der Waals surface area contributed by atoms with Crippen LogP contribution in [0, 0.1) is 5.92 Å². The van der Waals surface area contributed by atoms with E-state index >= 15 is 0 Å². The summed E-state index contributed by atoms with van der Waals surface area (Å²) in [5.41, 5.74) is 0. The van der Waals surface area contributed by atoms with E-state index in [0.29, 0.717) is 12.0 Å². The van der Waals surface area contributed by atoms with Crippen molar-refractivity contribution in [3.05, 3.63) is 16.5 Å². The largest absolute Gasteiger partial charge is 0.356 e. The summed E-state index contributed by atoms with van der Waals surface area (Å²) in [6, 6.07) is 2.69. The maximum absolute atomic E-state index is 4.79. The summed E-state index contributed by atoms with van der Waals surface area (Å²) in [7, 11) is 2.19. The predicted molar refractivity (Wildman–Crippen MR) is 81.5 cm³/mol. The van der Waals surface area contributed by atoms with Crippen molar-refractivity contribution in [3.63, 3.8) is 0 Å². The van der Waals surface area contributed by atoms with Crippen LogP contribution in [0.5, 0.6) is 0 Å². The van der Waals surface area contributed by atoms with Crippen LogP contribution in [0.1, 0.15) is 57.2 Å². The van der Waals surface area contributed by atoms with Crippen LogP contribution in [0.2, 0.25) is 0 Å². The van der Waals surface area contributed by atoms with E-state index in [1.165, 1.54) is 38.5 Å².